The molecular weight excluding hydrogens is 339 g/mol. The van der Waals surface area contributed by atoms with Gasteiger partial charge in [-0.1, -0.05) is 13.3 Å². The van der Waals surface area contributed by atoms with E-state index in [9.17, 15) is 14.4 Å². The molecule has 0 spiro atoms. The van der Waals surface area contributed by atoms with E-state index in [1.165, 1.54) is 0 Å². The lowest BCUT2D eigenvalue weighted by atomic mass is 10.2. The summed E-state index contributed by atoms with van der Waals surface area (Å²) in [6.45, 7) is 4.08. The van der Waals surface area contributed by atoms with Gasteiger partial charge in [-0.2, -0.15) is 0 Å². The average molecular weight is 358 g/mol. The van der Waals surface area contributed by atoms with E-state index in [-0.39, 0.29) is 11.6 Å². The van der Waals surface area contributed by atoms with Crippen molar-refractivity contribution in [2.75, 3.05) is 19.6 Å². The molecule has 1 rings (SSSR count). The third-order valence-corrected chi connectivity index (χ3v) is 7.11. The number of carbonyl (C=O) groups is 1. The Labute approximate surface area is 110 Å². The van der Waals surface area contributed by atoms with Gasteiger partial charge in [-0.15, -0.1) is 0 Å². The van der Waals surface area contributed by atoms with E-state index in [0.717, 1.165) is 19.4 Å². The normalized spacial score (nSPS) is 18.8. The first-order valence-electron chi connectivity index (χ1n) is 5.61. The maximum atomic E-state index is 11.3. The number of urea groups is 1. The van der Waals surface area contributed by atoms with Gasteiger partial charge in [-0.05, 0) is 34.6 Å². The molecule has 16 heavy (non-hydrogen) atoms. The molecule has 3 N–H and O–H groups in total. The Kier molecular flexibility index (Phi) is 5.48. The maximum Gasteiger partial charge on any atom is 0.405 e. The van der Waals surface area contributed by atoms with Gasteiger partial charge in [0.2, 0.25) is 0 Å². The van der Waals surface area contributed by atoms with E-state index in [1.807, 2.05) is 6.92 Å². The van der Waals surface area contributed by atoms with E-state index < -0.39 is 6.06 Å². The monoisotopic (exact) mass is 358 g/mol. The van der Waals surface area contributed by atoms with Crippen LogP contribution in [-0.2, 0) is 0 Å². The quantitative estimate of drug-likeness (QED) is 0.376. The highest BCUT2D eigenvalue weighted by atomic mass is 127. The number of hydrogen-bond donors (Lipinski definition) is 3. The second-order valence-electron chi connectivity index (χ2n) is 4.13. The van der Waals surface area contributed by atoms with Gasteiger partial charge < -0.3 is 19.8 Å². The fourth-order valence-corrected chi connectivity index (χ4v) is 4.92. The summed E-state index contributed by atoms with van der Waals surface area (Å²) in [7, 11) is 0. The minimum Gasteiger partial charge on any atom is -0.403 e. The van der Waals surface area contributed by atoms with Gasteiger partial charge in [0.05, 0.1) is 0 Å². The van der Waals surface area contributed by atoms with E-state index in [4.69, 9.17) is 0 Å². The Hall–Kier alpha value is 0.137. The van der Waals surface area contributed by atoms with Gasteiger partial charge in [0.25, 0.3) is 0 Å². The maximum absolute atomic E-state index is 11.3. The predicted octanol–water partition coefficient (Wildman–Crippen LogP) is 0.930. The summed E-state index contributed by atoms with van der Waals surface area (Å²) in [6, 6.07) is -3.13. The van der Waals surface area contributed by atoms with Crippen molar-refractivity contribution in [1.82, 2.24) is 10.2 Å². The van der Waals surface area contributed by atoms with Crippen molar-refractivity contribution in [2.45, 2.75) is 31.7 Å². The molecule has 1 aliphatic heterocycles. The van der Waals surface area contributed by atoms with Crippen molar-refractivity contribution in [1.29, 1.82) is 0 Å². The van der Waals surface area contributed by atoms with Gasteiger partial charge in [0, 0.05) is 25.2 Å². The highest BCUT2D eigenvalue weighted by Gasteiger charge is 2.36. The Morgan fingerprint density at radius 1 is 1.56 bits per heavy atom. The van der Waals surface area contributed by atoms with Crippen LogP contribution in [0, 0.1) is 0 Å². The standard InChI is InChI=1S/C9H19IN2O3Si/c1-2-3-8(16(10,14)15)4-6-12-7-5-11-9(12)13/h8,14-15H,2-7H2,1H3,(H,11,13). The van der Waals surface area contributed by atoms with Crippen molar-refractivity contribution in [3.63, 3.8) is 0 Å². The molecule has 0 bridgehead atoms. The number of hydrogen-bond acceptors (Lipinski definition) is 3. The molecule has 7 heteroatoms. The number of nitrogens with zero attached hydrogens (tertiary/aromatic N) is 1. The molecule has 94 valence electrons. The zero-order chi connectivity index (χ0) is 12.2. The van der Waals surface area contributed by atoms with Crippen LogP contribution in [0.25, 0.3) is 0 Å². The summed E-state index contributed by atoms with van der Waals surface area (Å²) < 4.78 is 0. The number of amides is 2. The van der Waals surface area contributed by atoms with Crippen LogP contribution < -0.4 is 5.32 Å². The van der Waals surface area contributed by atoms with Crippen LogP contribution in [-0.4, -0.2) is 46.2 Å². The van der Waals surface area contributed by atoms with E-state index in [1.54, 1.807) is 26.7 Å². The van der Waals surface area contributed by atoms with Crippen molar-refractivity contribution in [2.24, 2.45) is 0 Å². The molecular formula is C9H19IN2O3Si. The Bertz CT molecular complexity index is 247. The lowest BCUT2D eigenvalue weighted by molar-refractivity contribution is 0.215. The van der Waals surface area contributed by atoms with Crippen molar-refractivity contribution in [3.05, 3.63) is 0 Å². The minimum absolute atomic E-state index is 0.0353. The van der Waals surface area contributed by atoms with Gasteiger partial charge in [0.15, 0.2) is 0 Å². The lowest BCUT2D eigenvalue weighted by Crippen LogP contribution is -2.36. The van der Waals surface area contributed by atoms with Crippen LogP contribution in [0.3, 0.4) is 0 Å². The lowest BCUT2D eigenvalue weighted by Gasteiger charge is -2.24. The summed E-state index contributed by atoms with van der Waals surface area (Å²) in [4.78, 5) is 32.4. The first-order valence-corrected chi connectivity index (χ1v) is 10.7. The molecule has 1 heterocycles. The van der Waals surface area contributed by atoms with Crippen LogP contribution in [0.2, 0.25) is 5.54 Å². The molecule has 1 unspecified atom stereocenters. The largest absolute Gasteiger partial charge is 0.405 e. The molecule has 2 amide bonds. The highest BCUT2D eigenvalue weighted by molar-refractivity contribution is 14.1. The third-order valence-electron chi connectivity index (χ3n) is 2.85. The second kappa shape index (κ2) is 6.17. The molecule has 1 aliphatic rings. The second-order valence-corrected chi connectivity index (χ2v) is 11.0. The smallest absolute Gasteiger partial charge is 0.403 e. The summed E-state index contributed by atoms with van der Waals surface area (Å²) in [5.41, 5.74) is -0.0495. The van der Waals surface area contributed by atoms with Gasteiger partial charge in [-0.25, -0.2) is 4.79 Å². The topological polar surface area (TPSA) is 72.8 Å². The Balaban J connectivity index is 2.40. The first-order chi connectivity index (χ1) is 7.45. The summed E-state index contributed by atoms with van der Waals surface area (Å²) in [5, 5.41) is 2.74. The molecule has 0 aromatic heterocycles. The van der Waals surface area contributed by atoms with Crippen LogP contribution >= 0.6 is 21.8 Å². The molecule has 1 fully saturated rings. The molecule has 0 radical (unpaired) electrons. The van der Waals surface area contributed by atoms with Crippen molar-refractivity contribution < 1.29 is 14.4 Å². The zero-order valence-corrected chi connectivity index (χ0v) is 12.6. The van der Waals surface area contributed by atoms with Crippen molar-refractivity contribution in [3.8, 4) is 0 Å². The van der Waals surface area contributed by atoms with Crippen molar-refractivity contribution >= 4 is 33.9 Å². The Morgan fingerprint density at radius 3 is 2.69 bits per heavy atom. The van der Waals surface area contributed by atoms with Crippen LogP contribution in [0.1, 0.15) is 26.2 Å². The van der Waals surface area contributed by atoms with E-state index >= 15 is 0 Å². The summed E-state index contributed by atoms with van der Waals surface area (Å²) in [5.74, 6) is 0. The van der Waals surface area contributed by atoms with E-state index in [2.05, 4.69) is 5.32 Å². The van der Waals surface area contributed by atoms with Crippen LogP contribution in [0.5, 0.6) is 0 Å². The SMILES string of the molecule is CCCC(CCN1CCNC1=O)[Si](O)(O)I. The van der Waals surface area contributed by atoms with E-state index in [0.29, 0.717) is 19.5 Å². The number of nitrogens with one attached hydrogen (secondary N) is 1. The fraction of sp³-hybridized carbons (Fsp3) is 0.889. The molecule has 0 aromatic carbocycles. The van der Waals surface area contributed by atoms with Gasteiger partial charge in [-0.3, -0.25) is 0 Å². The fourth-order valence-electron chi connectivity index (χ4n) is 1.90. The van der Waals surface area contributed by atoms with Gasteiger partial charge in [0.1, 0.15) is 0 Å². The highest BCUT2D eigenvalue weighted by Crippen LogP contribution is 2.31. The summed E-state index contributed by atoms with van der Waals surface area (Å²) >= 11 is 1.78. The molecule has 0 aliphatic carbocycles. The van der Waals surface area contributed by atoms with Gasteiger partial charge >= 0.3 is 12.1 Å². The summed E-state index contributed by atoms with van der Waals surface area (Å²) in [6.07, 6.45) is 2.44. The predicted molar refractivity (Wildman–Crippen MR) is 72.5 cm³/mol. The number of rotatable bonds is 6. The third kappa shape index (κ3) is 4.19. The molecule has 0 aromatic rings. The minimum atomic E-state index is -3.09. The molecule has 1 saturated heterocycles. The first kappa shape index (κ1) is 14.2. The molecule has 1 atom stereocenters. The average Bonchev–Trinajstić information content (AvgIpc) is 2.57. The van der Waals surface area contributed by atoms with Crippen LogP contribution in [0.4, 0.5) is 4.79 Å². The molecule has 0 saturated carbocycles. The Morgan fingerprint density at radius 2 is 2.25 bits per heavy atom. The number of carbonyl (C=O) groups excluding carboxylic acids is 1. The number of halogens is 1. The van der Waals surface area contributed by atoms with Crippen LogP contribution in [0.15, 0.2) is 0 Å². The molecule has 5 nitrogen and oxygen atoms in total. The zero-order valence-electron chi connectivity index (χ0n) is 9.45.